The molecule has 88 valence electrons. The van der Waals surface area contributed by atoms with Crippen LogP contribution in [0.1, 0.15) is 0 Å². The van der Waals surface area contributed by atoms with Gasteiger partial charge in [0.05, 0.1) is 0 Å². The second-order valence-corrected chi connectivity index (χ2v) is 3.84. The molecule has 0 unspecified atom stereocenters. The predicted molar refractivity (Wildman–Crippen MR) is 59.0 cm³/mol. The summed E-state index contributed by atoms with van der Waals surface area (Å²) in [6.45, 7) is 0. The van der Waals surface area contributed by atoms with Crippen molar-refractivity contribution in [2.45, 2.75) is 0 Å². The van der Waals surface area contributed by atoms with Gasteiger partial charge in [-0.2, -0.15) is 0 Å². The number of hydrogen-bond donors (Lipinski definition) is 0. The van der Waals surface area contributed by atoms with Gasteiger partial charge < -0.3 is 0 Å². The summed E-state index contributed by atoms with van der Waals surface area (Å²) in [4.78, 5) is 0. The highest BCUT2D eigenvalue weighted by Crippen LogP contribution is 2.31. The summed E-state index contributed by atoms with van der Waals surface area (Å²) in [6, 6.07) is 8.03. The van der Waals surface area contributed by atoms with E-state index >= 15 is 0 Å². The van der Waals surface area contributed by atoms with E-state index in [9.17, 15) is 17.6 Å². The number of benzene rings is 3. The van der Waals surface area contributed by atoms with Crippen molar-refractivity contribution in [3.8, 4) is 0 Å². The Morgan fingerprint density at radius 3 is 1.39 bits per heavy atom. The summed E-state index contributed by atoms with van der Waals surface area (Å²) in [5.41, 5.74) is 0. The predicted octanol–water partition coefficient (Wildman–Crippen LogP) is 4.15. The molecule has 0 amide bonds. The maximum Gasteiger partial charge on any atom is 0.139 e. The van der Waals surface area contributed by atoms with E-state index < -0.39 is 23.3 Å². The maximum atomic E-state index is 14.1. The summed E-state index contributed by atoms with van der Waals surface area (Å²) < 4.78 is 54.1. The van der Waals surface area contributed by atoms with Crippen molar-refractivity contribution in [3.05, 3.63) is 59.7 Å². The van der Waals surface area contributed by atoms with Crippen molar-refractivity contribution in [3.63, 3.8) is 0 Å². The van der Waals surface area contributed by atoms with Crippen LogP contribution in [0, 0.1) is 35.4 Å². The molecule has 0 atom stereocenters. The lowest BCUT2D eigenvalue weighted by molar-refractivity contribution is 0.613. The van der Waals surface area contributed by atoms with E-state index in [0.29, 0.717) is 0 Å². The molecule has 0 aliphatic heterocycles. The standard InChI is InChI=1S/C14H4F4/c15-7-1-3-9-11(5-7)14(18)10-4-2-8(16)6-12(10)13(9)17/h3-6H. The quantitative estimate of drug-likeness (QED) is 0.414. The van der Waals surface area contributed by atoms with Gasteiger partial charge in [0.25, 0.3) is 0 Å². The van der Waals surface area contributed by atoms with Crippen LogP contribution in [0.4, 0.5) is 17.6 Å². The third-order valence-corrected chi connectivity index (χ3v) is 2.78. The first kappa shape index (κ1) is 11.0. The fraction of sp³-hybridized carbons (Fsp3) is 0. The van der Waals surface area contributed by atoms with Gasteiger partial charge in [0.2, 0.25) is 0 Å². The van der Waals surface area contributed by atoms with Crippen LogP contribution in [-0.4, -0.2) is 0 Å². The third-order valence-electron chi connectivity index (χ3n) is 2.78. The average molecular weight is 248 g/mol. The molecule has 0 N–H and O–H groups in total. The average Bonchev–Trinajstić information content (AvgIpc) is 2.36. The molecule has 0 aliphatic carbocycles. The highest BCUT2D eigenvalue weighted by molar-refractivity contribution is 5.99. The van der Waals surface area contributed by atoms with Crippen molar-refractivity contribution in [1.82, 2.24) is 0 Å². The minimum absolute atomic E-state index is 0.132. The monoisotopic (exact) mass is 248 g/mol. The molecule has 18 heavy (non-hydrogen) atoms. The van der Waals surface area contributed by atoms with Crippen LogP contribution in [0.2, 0.25) is 0 Å². The van der Waals surface area contributed by atoms with Crippen LogP contribution >= 0.6 is 0 Å². The zero-order chi connectivity index (χ0) is 12.9. The summed E-state index contributed by atoms with van der Waals surface area (Å²) in [7, 11) is 0. The fourth-order valence-electron chi connectivity index (χ4n) is 1.95. The van der Waals surface area contributed by atoms with Gasteiger partial charge in [-0.25, -0.2) is 17.6 Å². The fourth-order valence-corrected chi connectivity index (χ4v) is 1.95. The highest BCUT2D eigenvalue weighted by Gasteiger charge is 2.15. The zero-order valence-corrected chi connectivity index (χ0v) is 8.82. The third kappa shape index (κ3) is 1.45. The Labute approximate surface area is 99.5 Å². The molecule has 0 bridgehead atoms. The van der Waals surface area contributed by atoms with Crippen LogP contribution in [-0.2, 0) is 0 Å². The van der Waals surface area contributed by atoms with Crippen molar-refractivity contribution in [1.29, 1.82) is 0 Å². The van der Waals surface area contributed by atoms with Gasteiger partial charge in [0.1, 0.15) is 23.3 Å². The lowest BCUT2D eigenvalue weighted by Crippen LogP contribution is -1.92. The molecular weight excluding hydrogens is 244 g/mol. The summed E-state index contributed by atoms with van der Waals surface area (Å²) in [6.07, 6.45) is 0. The van der Waals surface area contributed by atoms with Gasteiger partial charge in [0, 0.05) is 33.7 Å². The summed E-state index contributed by atoms with van der Waals surface area (Å²) >= 11 is 0. The van der Waals surface area contributed by atoms with Crippen LogP contribution in [0.15, 0.2) is 24.3 Å². The molecular formula is C14H4F4. The van der Waals surface area contributed by atoms with Gasteiger partial charge in [0.15, 0.2) is 0 Å². The molecule has 3 aromatic rings. The minimum Gasteiger partial charge on any atom is -0.206 e. The number of halogens is 4. The first-order valence-corrected chi connectivity index (χ1v) is 5.07. The van der Waals surface area contributed by atoms with E-state index in [1.807, 2.05) is 0 Å². The van der Waals surface area contributed by atoms with Gasteiger partial charge in [-0.15, -0.1) is 0 Å². The molecule has 0 saturated heterocycles. The molecule has 0 aliphatic rings. The lowest BCUT2D eigenvalue weighted by Gasteiger charge is -2.07. The Morgan fingerprint density at radius 1 is 0.611 bits per heavy atom. The Bertz CT molecular complexity index is 710. The number of hydrogen-bond acceptors (Lipinski definition) is 0. The molecule has 0 heterocycles. The van der Waals surface area contributed by atoms with Crippen molar-refractivity contribution < 1.29 is 17.6 Å². The largest absolute Gasteiger partial charge is 0.206 e. The Morgan fingerprint density at radius 2 is 1.00 bits per heavy atom. The van der Waals surface area contributed by atoms with Crippen LogP contribution in [0.5, 0.6) is 0 Å². The Hall–Kier alpha value is -2.10. The van der Waals surface area contributed by atoms with E-state index in [1.54, 1.807) is 0 Å². The van der Waals surface area contributed by atoms with Gasteiger partial charge in [-0.1, -0.05) is 0 Å². The van der Waals surface area contributed by atoms with Gasteiger partial charge in [-0.3, -0.25) is 0 Å². The van der Waals surface area contributed by atoms with Crippen molar-refractivity contribution in [2.75, 3.05) is 0 Å². The molecule has 0 fully saturated rings. The molecule has 3 aromatic carbocycles. The first-order valence-electron chi connectivity index (χ1n) is 5.07. The van der Waals surface area contributed by atoms with E-state index in [2.05, 4.69) is 12.1 Å². The molecule has 0 saturated carbocycles. The van der Waals surface area contributed by atoms with E-state index in [-0.39, 0.29) is 21.5 Å². The maximum absolute atomic E-state index is 14.1. The van der Waals surface area contributed by atoms with Crippen LogP contribution in [0.3, 0.4) is 0 Å². The summed E-state index contributed by atoms with van der Waals surface area (Å²) in [5.74, 6) is -3.17. The molecule has 4 heteroatoms. The second kappa shape index (κ2) is 3.70. The second-order valence-electron chi connectivity index (χ2n) is 3.84. The smallest absolute Gasteiger partial charge is 0.139 e. The summed E-state index contributed by atoms with van der Waals surface area (Å²) in [5, 5.41) is -0.661. The van der Waals surface area contributed by atoms with Crippen molar-refractivity contribution in [2.24, 2.45) is 0 Å². The molecule has 3 rings (SSSR count). The lowest BCUT2D eigenvalue weighted by atomic mass is 10.0. The molecule has 2 radical (unpaired) electrons. The molecule has 0 spiro atoms. The van der Waals surface area contributed by atoms with E-state index in [4.69, 9.17) is 0 Å². The normalized spacial score (nSPS) is 11.3. The molecule has 0 aromatic heterocycles. The minimum atomic E-state index is -0.800. The van der Waals surface area contributed by atoms with Gasteiger partial charge in [-0.05, 0) is 24.3 Å². The van der Waals surface area contributed by atoms with Crippen LogP contribution < -0.4 is 0 Å². The van der Waals surface area contributed by atoms with E-state index in [0.717, 1.165) is 24.3 Å². The topological polar surface area (TPSA) is 0 Å². The Balaban J connectivity index is 2.60. The number of rotatable bonds is 0. The van der Waals surface area contributed by atoms with Gasteiger partial charge >= 0.3 is 0 Å². The number of fused-ring (bicyclic) bond motifs is 2. The van der Waals surface area contributed by atoms with Crippen LogP contribution in [0.25, 0.3) is 21.5 Å². The highest BCUT2D eigenvalue weighted by atomic mass is 19.1. The van der Waals surface area contributed by atoms with Crippen molar-refractivity contribution >= 4 is 21.5 Å². The Kier molecular flexibility index (Phi) is 2.26. The SMILES string of the molecule is Fc1[c]cc2c(F)c3cc(F)[c]cc3c(F)c2c1. The molecule has 0 nitrogen and oxygen atoms in total. The zero-order valence-electron chi connectivity index (χ0n) is 8.82. The van der Waals surface area contributed by atoms with E-state index in [1.165, 1.54) is 0 Å². The first-order chi connectivity index (χ1) is 8.58.